The zero-order chi connectivity index (χ0) is 28.8. The largest absolute Gasteiger partial charge is 0.481 e. The lowest BCUT2D eigenvalue weighted by atomic mass is 9.79. The second-order valence-corrected chi connectivity index (χ2v) is 10.8. The molecule has 0 saturated carbocycles. The first-order chi connectivity index (χ1) is 19.0. The Morgan fingerprint density at radius 1 is 1.30 bits per heavy atom. The smallest absolute Gasteiger partial charge is 0.338 e. The normalized spacial score (nSPS) is 26.2. The Morgan fingerprint density at radius 2 is 2.08 bits per heavy atom. The lowest BCUT2D eigenvalue weighted by Crippen LogP contribution is -2.67. The molecule has 3 aliphatic heterocycles. The van der Waals surface area contributed by atoms with Crippen molar-refractivity contribution in [1.29, 1.82) is 0 Å². The highest BCUT2D eigenvalue weighted by atomic mass is 32.1. The fourth-order valence-corrected chi connectivity index (χ4v) is 6.20. The number of nitrogens with one attached hydrogen (secondary N) is 1. The van der Waals surface area contributed by atoms with Crippen LogP contribution in [0.25, 0.3) is 0 Å². The number of carbonyl (C=O) groups is 2. The molecule has 2 aromatic rings. The van der Waals surface area contributed by atoms with Crippen LogP contribution in [0.3, 0.4) is 0 Å². The van der Waals surface area contributed by atoms with Gasteiger partial charge >= 0.3 is 11.9 Å². The predicted octanol–water partition coefficient (Wildman–Crippen LogP) is 3.45. The summed E-state index contributed by atoms with van der Waals surface area (Å²) < 4.78 is 70.3. The molecular weight excluding hydrogens is 556 g/mol. The Kier molecular flexibility index (Phi) is 7.68. The van der Waals surface area contributed by atoms with Crippen LogP contribution in [-0.2, 0) is 19.1 Å². The van der Waals surface area contributed by atoms with Crippen molar-refractivity contribution >= 4 is 29.1 Å². The monoisotopic (exact) mass is 582 g/mol. The Morgan fingerprint density at radius 3 is 2.75 bits per heavy atom. The van der Waals surface area contributed by atoms with Gasteiger partial charge in [0.05, 0.1) is 38.4 Å². The van der Waals surface area contributed by atoms with Crippen molar-refractivity contribution in [2.45, 2.75) is 43.8 Å². The van der Waals surface area contributed by atoms with Crippen molar-refractivity contribution in [3.8, 4) is 0 Å². The van der Waals surface area contributed by atoms with Crippen molar-refractivity contribution in [3.63, 3.8) is 0 Å². The lowest BCUT2D eigenvalue weighted by Gasteiger charge is -2.52. The molecule has 2 saturated heterocycles. The second kappa shape index (κ2) is 10.9. The van der Waals surface area contributed by atoms with E-state index in [0.29, 0.717) is 5.01 Å². The molecule has 4 atom stereocenters. The van der Waals surface area contributed by atoms with Crippen LogP contribution < -0.4 is 5.32 Å². The lowest BCUT2D eigenvalue weighted by molar-refractivity contribution is -0.219. The third-order valence-corrected chi connectivity index (χ3v) is 8.38. The number of amidine groups is 1. The summed E-state index contributed by atoms with van der Waals surface area (Å²) in [4.78, 5) is 34.9. The highest BCUT2D eigenvalue weighted by Crippen LogP contribution is 2.45. The maximum absolute atomic E-state index is 15.6. The number of piperidine rings is 1. The molecule has 214 valence electrons. The number of benzene rings is 1. The first kappa shape index (κ1) is 28.2. The number of nitrogens with zero attached hydrogens (tertiary/aromatic N) is 3. The Balaban J connectivity index is 1.61. The molecule has 2 bridgehead atoms. The van der Waals surface area contributed by atoms with Crippen LogP contribution in [0.15, 0.2) is 40.0 Å². The van der Waals surface area contributed by atoms with E-state index in [0.717, 1.165) is 13.2 Å². The van der Waals surface area contributed by atoms with Crippen LogP contribution in [0.2, 0.25) is 0 Å². The number of morpholine rings is 1. The van der Waals surface area contributed by atoms with Gasteiger partial charge in [-0.15, -0.1) is 11.3 Å². The third-order valence-electron chi connectivity index (χ3n) is 7.60. The molecule has 5 rings (SSSR count). The van der Waals surface area contributed by atoms with Crippen LogP contribution in [0, 0.1) is 24.5 Å². The number of carboxylic acid groups (broad SMARTS) is 1. The highest BCUT2D eigenvalue weighted by Gasteiger charge is 2.58. The van der Waals surface area contributed by atoms with Crippen molar-refractivity contribution in [2.24, 2.45) is 10.9 Å². The van der Waals surface area contributed by atoms with Crippen LogP contribution in [0.1, 0.15) is 35.0 Å². The van der Waals surface area contributed by atoms with E-state index in [1.165, 1.54) is 35.4 Å². The van der Waals surface area contributed by atoms with E-state index in [9.17, 15) is 23.5 Å². The van der Waals surface area contributed by atoms with Gasteiger partial charge in [0.25, 0.3) is 5.92 Å². The number of ether oxygens (including phenoxy) is 2. The minimum absolute atomic E-state index is 0.0492. The average Bonchev–Trinajstić information content (AvgIpc) is 3.45. The molecule has 0 aliphatic carbocycles. The first-order valence-electron chi connectivity index (χ1n) is 12.5. The van der Waals surface area contributed by atoms with Gasteiger partial charge in [-0.1, -0.05) is 6.07 Å². The van der Waals surface area contributed by atoms with E-state index < -0.39 is 60.0 Å². The minimum atomic E-state index is -3.39. The van der Waals surface area contributed by atoms with E-state index in [1.54, 1.807) is 5.38 Å². The minimum Gasteiger partial charge on any atom is -0.481 e. The summed E-state index contributed by atoms with van der Waals surface area (Å²) in [6, 6.07) is -0.910. The highest BCUT2D eigenvalue weighted by molar-refractivity contribution is 7.11. The maximum atomic E-state index is 15.6. The number of hydrogen-bond acceptors (Lipinski definition) is 9. The summed E-state index contributed by atoms with van der Waals surface area (Å²) in [5.74, 6) is -8.84. The zero-order valence-electron chi connectivity index (χ0n) is 21.5. The fourth-order valence-electron chi connectivity index (χ4n) is 5.61. The van der Waals surface area contributed by atoms with Crippen molar-refractivity contribution in [2.75, 3.05) is 26.9 Å². The molecule has 1 aromatic heterocycles. The van der Waals surface area contributed by atoms with Gasteiger partial charge in [0.2, 0.25) is 0 Å². The van der Waals surface area contributed by atoms with E-state index in [4.69, 9.17) is 9.47 Å². The average molecular weight is 583 g/mol. The molecular formula is C26H26F4N4O5S. The molecule has 2 N–H and O–H groups in total. The molecule has 4 heterocycles. The summed E-state index contributed by atoms with van der Waals surface area (Å²) in [5.41, 5.74) is 0.264. The predicted molar refractivity (Wildman–Crippen MR) is 135 cm³/mol. The van der Waals surface area contributed by atoms with E-state index in [-0.39, 0.29) is 54.4 Å². The summed E-state index contributed by atoms with van der Waals surface area (Å²) in [5, 5.41) is 14.4. The Bertz CT molecular complexity index is 1380. The summed E-state index contributed by atoms with van der Waals surface area (Å²) in [7, 11) is 1.15. The number of hydrogen-bond donors (Lipinski definition) is 2. The summed E-state index contributed by atoms with van der Waals surface area (Å²) in [6.45, 7) is 0.933. The van der Waals surface area contributed by atoms with Gasteiger partial charge in [-0.3, -0.25) is 14.7 Å². The number of aliphatic carboxylic acids is 1. The van der Waals surface area contributed by atoms with Gasteiger partial charge in [-0.25, -0.2) is 27.3 Å². The topological polar surface area (TPSA) is 113 Å². The molecule has 0 radical (unpaired) electrons. The number of carboxylic acids is 1. The SMILES string of the molecule is COC(=O)C1=C(CN2[C@H]3COC[C@@H]2C(F)(F)[C@H](CC(=O)O)C3)NC(c2nccs2)=N[C@H]1c1ccc(F)c(F)c1C. The van der Waals surface area contributed by atoms with Crippen molar-refractivity contribution < 1.29 is 41.7 Å². The van der Waals surface area contributed by atoms with Gasteiger partial charge in [0.15, 0.2) is 22.5 Å². The first-order valence-corrected chi connectivity index (χ1v) is 13.3. The molecule has 1 aromatic carbocycles. The van der Waals surface area contributed by atoms with Gasteiger partial charge in [-0.2, -0.15) is 0 Å². The summed E-state index contributed by atoms with van der Waals surface area (Å²) >= 11 is 1.24. The number of aromatic nitrogens is 1. The van der Waals surface area contributed by atoms with Gasteiger partial charge < -0.3 is 19.9 Å². The molecule has 9 nitrogen and oxygen atoms in total. The molecule has 14 heteroatoms. The number of esters is 1. The Hall–Kier alpha value is -3.36. The number of carbonyl (C=O) groups excluding carboxylic acids is 1. The molecule has 0 amide bonds. The standard InChI is InChI=1S/C26H26F4N4O5S/c1-12-15(3-4-16(27)21(12)28)22-20(25(37)38-2)17(32-23(33-22)24-31-5-6-40-24)9-34-14-7-13(8-19(35)36)26(29,30)18(34)11-39-10-14/h3-6,13-14,18,22H,7-11H2,1-2H3,(H,32,33)(H,35,36)/t13-,14+,18+,22-/m0/s1. The van der Waals surface area contributed by atoms with E-state index in [2.05, 4.69) is 15.3 Å². The Labute approximate surface area is 230 Å². The van der Waals surface area contributed by atoms with Gasteiger partial charge in [-0.05, 0) is 30.5 Å². The van der Waals surface area contributed by atoms with Crippen molar-refractivity contribution in [1.82, 2.24) is 15.2 Å². The molecule has 3 aliphatic rings. The van der Waals surface area contributed by atoms with Crippen LogP contribution in [0.4, 0.5) is 17.6 Å². The molecule has 40 heavy (non-hydrogen) atoms. The number of thiazole rings is 1. The van der Waals surface area contributed by atoms with Gasteiger partial charge in [0, 0.05) is 35.8 Å². The number of aliphatic imine (C=N–C) groups is 1. The van der Waals surface area contributed by atoms with Crippen LogP contribution >= 0.6 is 11.3 Å². The molecule has 2 fully saturated rings. The van der Waals surface area contributed by atoms with E-state index in [1.807, 2.05) is 0 Å². The zero-order valence-corrected chi connectivity index (χ0v) is 22.3. The number of rotatable bonds is 7. The van der Waals surface area contributed by atoms with E-state index >= 15 is 8.78 Å². The molecule has 0 spiro atoms. The summed E-state index contributed by atoms with van der Waals surface area (Å²) in [6.07, 6.45) is 0.729. The number of halogens is 4. The second-order valence-electron chi connectivity index (χ2n) is 9.89. The van der Waals surface area contributed by atoms with Gasteiger partial charge in [0.1, 0.15) is 6.04 Å². The number of alkyl halides is 2. The number of fused-ring (bicyclic) bond motifs is 2. The van der Waals surface area contributed by atoms with Crippen LogP contribution in [0.5, 0.6) is 0 Å². The number of methoxy groups -OCH3 is 1. The fraction of sp³-hybridized carbons (Fsp3) is 0.462. The van der Waals surface area contributed by atoms with Crippen LogP contribution in [-0.4, -0.2) is 77.6 Å². The maximum Gasteiger partial charge on any atom is 0.338 e. The third kappa shape index (κ3) is 4.99. The van der Waals surface area contributed by atoms with Crippen molar-refractivity contribution in [3.05, 3.63) is 62.7 Å². The quantitative estimate of drug-likeness (QED) is 0.377. The molecule has 0 unspecified atom stereocenters.